The smallest absolute Gasteiger partial charge is 0.202 e. The highest BCUT2D eigenvalue weighted by atomic mass is 16.5. The second-order valence-corrected chi connectivity index (χ2v) is 7.25. The SMILES string of the molecule is CN1CC[C@]23c4c5ccc(O)c4O[C@H]2C(=O)C(O)C[C@H]3[C@H]1C5. The molecule has 1 aromatic carbocycles. The predicted molar refractivity (Wildman–Crippen MR) is 78.1 cm³/mol. The Balaban J connectivity index is 1.82. The largest absolute Gasteiger partial charge is 0.504 e. The monoisotopic (exact) mass is 301 g/mol. The van der Waals surface area contributed by atoms with Gasteiger partial charge in [-0.3, -0.25) is 4.79 Å². The highest BCUT2D eigenvalue weighted by molar-refractivity contribution is 5.92. The fourth-order valence-electron chi connectivity index (χ4n) is 5.50. The van der Waals surface area contributed by atoms with Crippen molar-refractivity contribution in [2.45, 2.75) is 42.9 Å². The summed E-state index contributed by atoms with van der Waals surface area (Å²) in [5.74, 6) is 0.585. The van der Waals surface area contributed by atoms with E-state index in [4.69, 9.17) is 4.74 Å². The summed E-state index contributed by atoms with van der Waals surface area (Å²) in [5.41, 5.74) is 1.88. The average molecular weight is 301 g/mol. The highest BCUT2D eigenvalue weighted by Crippen LogP contribution is 2.62. The molecule has 0 aromatic heterocycles. The number of aliphatic hydroxyl groups excluding tert-OH is 1. The van der Waals surface area contributed by atoms with Gasteiger partial charge in [-0.15, -0.1) is 0 Å². The highest BCUT2D eigenvalue weighted by Gasteiger charge is 2.67. The number of carbonyl (C=O) groups is 1. The van der Waals surface area contributed by atoms with Crippen molar-refractivity contribution in [1.29, 1.82) is 0 Å². The van der Waals surface area contributed by atoms with Crippen molar-refractivity contribution in [3.05, 3.63) is 23.3 Å². The van der Waals surface area contributed by atoms with Crippen LogP contribution in [0.1, 0.15) is 24.0 Å². The lowest BCUT2D eigenvalue weighted by molar-refractivity contribution is -0.151. The normalized spacial score (nSPS) is 42.0. The van der Waals surface area contributed by atoms with Crippen molar-refractivity contribution in [1.82, 2.24) is 4.90 Å². The maximum absolute atomic E-state index is 12.6. The molecule has 5 atom stereocenters. The summed E-state index contributed by atoms with van der Waals surface area (Å²) in [4.78, 5) is 14.9. The number of carbonyl (C=O) groups excluding carboxylic acids is 1. The van der Waals surface area contributed by atoms with E-state index in [2.05, 4.69) is 11.9 Å². The van der Waals surface area contributed by atoms with Crippen LogP contribution in [0.3, 0.4) is 0 Å². The van der Waals surface area contributed by atoms with E-state index in [0.717, 1.165) is 24.9 Å². The van der Waals surface area contributed by atoms with Crippen LogP contribution in [0.15, 0.2) is 12.1 Å². The Bertz CT molecular complexity index is 702. The van der Waals surface area contributed by atoms with Gasteiger partial charge in [-0.2, -0.15) is 0 Å². The minimum Gasteiger partial charge on any atom is -0.504 e. The minimum absolute atomic E-state index is 0.112. The molecule has 5 rings (SSSR count). The first-order valence-corrected chi connectivity index (χ1v) is 7.98. The lowest BCUT2D eigenvalue weighted by Gasteiger charge is -2.57. The van der Waals surface area contributed by atoms with Gasteiger partial charge in [0.2, 0.25) is 5.78 Å². The number of aromatic hydroxyl groups is 1. The van der Waals surface area contributed by atoms with Crippen molar-refractivity contribution >= 4 is 5.78 Å². The van der Waals surface area contributed by atoms with Crippen LogP contribution < -0.4 is 4.74 Å². The Morgan fingerprint density at radius 1 is 1.41 bits per heavy atom. The van der Waals surface area contributed by atoms with Gasteiger partial charge < -0.3 is 19.8 Å². The number of ketones is 1. The number of likely N-dealkylation sites (tertiary alicyclic amines) is 1. The first-order chi connectivity index (χ1) is 10.5. The second kappa shape index (κ2) is 3.84. The second-order valence-electron chi connectivity index (χ2n) is 7.25. The van der Waals surface area contributed by atoms with Crippen LogP contribution >= 0.6 is 0 Å². The van der Waals surface area contributed by atoms with E-state index < -0.39 is 12.2 Å². The Morgan fingerprint density at radius 2 is 2.23 bits per heavy atom. The molecule has 2 heterocycles. The van der Waals surface area contributed by atoms with E-state index in [1.54, 1.807) is 6.07 Å². The molecule has 2 fully saturated rings. The minimum atomic E-state index is -0.949. The molecule has 1 spiro atoms. The van der Waals surface area contributed by atoms with Crippen molar-refractivity contribution in [2.75, 3.05) is 13.6 Å². The number of rotatable bonds is 0. The number of Topliss-reactive ketones (excluding diaryl/α,β-unsaturated/α-hetero) is 1. The summed E-state index contributed by atoms with van der Waals surface area (Å²) < 4.78 is 5.95. The number of hydrogen-bond donors (Lipinski definition) is 2. The van der Waals surface area contributed by atoms with Crippen molar-refractivity contribution in [3.8, 4) is 11.5 Å². The number of ether oxygens (including phenoxy) is 1. The zero-order valence-corrected chi connectivity index (χ0v) is 12.5. The van der Waals surface area contributed by atoms with Gasteiger partial charge in [-0.05, 0) is 50.4 Å². The molecule has 1 unspecified atom stereocenters. The molecule has 4 aliphatic rings. The van der Waals surface area contributed by atoms with E-state index >= 15 is 0 Å². The zero-order valence-electron chi connectivity index (χ0n) is 12.5. The predicted octanol–water partition coefficient (Wildman–Crippen LogP) is 0.601. The third-order valence-electron chi connectivity index (χ3n) is 6.46. The average Bonchev–Trinajstić information content (AvgIpc) is 2.84. The van der Waals surface area contributed by atoms with Gasteiger partial charge >= 0.3 is 0 Å². The van der Waals surface area contributed by atoms with E-state index in [-0.39, 0.29) is 22.9 Å². The summed E-state index contributed by atoms with van der Waals surface area (Å²) in [5, 5.41) is 20.4. The van der Waals surface area contributed by atoms with Crippen LogP contribution in [0, 0.1) is 5.92 Å². The number of hydrogen-bond acceptors (Lipinski definition) is 5. The number of likely N-dealkylation sites (N-methyl/N-ethyl adjacent to an activating group) is 1. The Morgan fingerprint density at radius 3 is 3.05 bits per heavy atom. The maximum atomic E-state index is 12.6. The molecule has 116 valence electrons. The molecule has 5 nitrogen and oxygen atoms in total. The lowest BCUT2D eigenvalue weighted by atomic mass is 9.51. The van der Waals surface area contributed by atoms with E-state index in [0.29, 0.717) is 18.2 Å². The van der Waals surface area contributed by atoms with E-state index in [1.807, 2.05) is 6.07 Å². The van der Waals surface area contributed by atoms with Crippen LogP contribution in [-0.2, 0) is 16.6 Å². The first kappa shape index (κ1) is 12.9. The zero-order chi connectivity index (χ0) is 15.2. The van der Waals surface area contributed by atoms with Crippen LogP contribution in [0.5, 0.6) is 11.5 Å². The van der Waals surface area contributed by atoms with Crippen molar-refractivity contribution in [2.24, 2.45) is 5.92 Å². The fourth-order valence-corrected chi connectivity index (χ4v) is 5.50. The maximum Gasteiger partial charge on any atom is 0.202 e. The molecule has 22 heavy (non-hydrogen) atoms. The summed E-state index contributed by atoms with van der Waals surface area (Å²) in [6.07, 6.45) is 0.650. The number of benzene rings is 1. The number of phenols is 1. The molecule has 2 aliphatic heterocycles. The number of nitrogens with zero attached hydrogens (tertiary/aromatic N) is 1. The van der Waals surface area contributed by atoms with Gasteiger partial charge in [0.1, 0.15) is 6.10 Å². The molecule has 1 saturated heterocycles. The number of piperidine rings is 1. The van der Waals surface area contributed by atoms with Crippen molar-refractivity contribution < 1.29 is 19.7 Å². The molecular weight excluding hydrogens is 282 g/mol. The molecule has 5 heteroatoms. The van der Waals surface area contributed by atoms with Gasteiger partial charge in [-0.1, -0.05) is 6.07 Å². The summed E-state index contributed by atoms with van der Waals surface area (Å²) in [6, 6.07) is 3.96. The summed E-state index contributed by atoms with van der Waals surface area (Å²) in [6.45, 7) is 0.916. The number of phenolic OH excluding ortho intramolecular Hbond substituents is 1. The van der Waals surface area contributed by atoms with Gasteiger partial charge in [-0.25, -0.2) is 0 Å². The summed E-state index contributed by atoms with van der Waals surface area (Å²) in [7, 11) is 2.12. The Kier molecular flexibility index (Phi) is 2.25. The molecule has 0 radical (unpaired) electrons. The van der Waals surface area contributed by atoms with Gasteiger partial charge in [0.05, 0.1) is 0 Å². The Hall–Kier alpha value is -1.59. The third-order valence-corrected chi connectivity index (χ3v) is 6.46. The van der Waals surface area contributed by atoms with Gasteiger partial charge in [0.15, 0.2) is 17.6 Å². The van der Waals surface area contributed by atoms with Crippen LogP contribution in [0.25, 0.3) is 0 Å². The van der Waals surface area contributed by atoms with E-state index in [9.17, 15) is 15.0 Å². The lowest BCUT2D eigenvalue weighted by Crippen LogP contribution is -2.67. The molecule has 1 aromatic rings. The van der Waals surface area contributed by atoms with Crippen LogP contribution in [0.4, 0.5) is 0 Å². The molecule has 1 saturated carbocycles. The quantitative estimate of drug-likeness (QED) is 0.734. The molecule has 2 N–H and O–H groups in total. The van der Waals surface area contributed by atoms with Gasteiger partial charge in [0, 0.05) is 17.0 Å². The van der Waals surface area contributed by atoms with Gasteiger partial charge in [0.25, 0.3) is 0 Å². The Labute approximate surface area is 128 Å². The van der Waals surface area contributed by atoms with Crippen LogP contribution in [0.2, 0.25) is 0 Å². The third kappa shape index (κ3) is 1.23. The van der Waals surface area contributed by atoms with E-state index in [1.165, 1.54) is 5.56 Å². The first-order valence-electron chi connectivity index (χ1n) is 7.98. The van der Waals surface area contributed by atoms with Crippen LogP contribution in [-0.4, -0.2) is 52.7 Å². The molecular formula is C17H19NO4. The molecule has 2 bridgehead atoms. The fraction of sp³-hybridized carbons (Fsp3) is 0.588. The summed E-state index contributed by atoms with van der Waals surface area (Å²) >= 11 is 0. The standard InChI is InChI=1S/C17H19NO4/c1-18-5-4-17-9-7-12(20)14(21)16(17)22-15-11(19)3-2-8(13(15)17)6-10(9)18/h2-3,9-10,12,16,19-20H,4-7H2,1H3/t9-,10+,12?,16-,17-/m0/s1. The van der Waals surface area contributed by atoms with Crippen molar-refractivity contribution in [3.63, 3.8) is 0 Å². The molecule has 2 aliphatic carbocycles. The number of aliphatic hydroxyl groups is 1. The molecule has 0 amide bonds. The topological polar surface area (TPSA) is 70.0 Å².